The lowest BCUT2D eigenvalue weighted by atomic mass is 9.99. The normalized spacial score (nSPS) is 17.1. The van der Waals surface area contributed by atoms with E-state index >= 15 is 0 Å². The van der Waals surface area contributed by atoms with Crippen molar-refractivity contribution in [2.45, 2.75) is 43.2 Å². The first kappa shape index (κ1) is 34.0. The van der Waals surface area contributed by atoms with Gasteiger partial charge in [0.1, 0.15) is 17.8 Å². The largest absolute Gasteiger partial charge is 0.457 e. The molecule has 10 nitrogen and oxygen atoms in total. The van der Waals surface area contributed by atoms with E-state index < -0.39 is 6.29 Å². The summed E-state index contributed by atoms with van der Waals surface area (Å²) in [6.07, 6.45) is 1.36. The molecule has 1 aliphatic heterocycles. The zero-order valence-electron chi connectivity index (χ0n) is 27.6. The summed E-state index contributed by atoms with van der Waals surface area (Å²) in [4.78, 5) is 16.9. The number of anilines is 1. The second kappa shape index (κ2) is 16.5. The van der Waals surface area contributed by atoms with Crippen LogP contribution in [0, 0.1) is 0 Å². The van der Waals surface area contributed by atoms with Gasteiger partial charge in [-0.2, -0.15) is 5.10 Å². The Balaban J connectivity index is 0.965. The molecule has 5 aromatic carbocycles. The van der Waals surface area contributed by atoms with Crippen molar-refractivity contribution < 1.29 is 24.1 Å². The molecule has 2 amide bonds. The molecule has 11 heteroatoms. The number of aromatic nitrogens is 3. The summed E-state index contributed by atoms with van der Waals surface area (Å²) in [7, 11) is 0. The number of benzene rings is 5. The van der Waals surface area contributed by atoms with Gasteiger partial charge < -0.3 is 30.0 Å². The van der Waals surface area contributed by atoms with Crippen molar-refractivity contribution in [3.63, 3.8) is 0 Å². The van der Waals surface area contributed by atoms with E-state index in [0.717, 1.165) is 44.3 Å². The van der Waals surface area contributed by atoms with Gasteiger partial charge in [-0.3, -0.25) is 5.10 Å². The number of urea groups is 1. The number of hydrogen-bond acceptors (Lipinski definition) is 8. The van der Waals surface area contributed by atoms with Crippen molar-refractivity contribution in [1.29, 1.82) is 0 Å². The predicted molar refractivity (Wildman–Crippen MR) is 196 cm³/mol. The van der Waals surface area contributed by atoms with Crippen LogP contribution in [0.1, 0.15) is 41.1 Å². The standard InChI is InChI=1S/C40H37N5O5S/c46-24-27-9-11-30(12-10-27)37-22-36(25-51-40-42-26-43-45-40)49-38(50-37)31-15-13-29(14-16-31)32-6-4-5-28(21-32)23-41-39(47)44-33-17-19-35(20-18-33)48-34-7-2-1-3-8-34/h1-21,26,36-38,46H,22-25H2,(H2,41,44,47)(H,42,43,45)/t36-,37+,38+/m1/s1. The summed E-state index contributed by atoms with van der Waals surface area (Å²) in [6, 6.07) is 40.6. The molecule has 4 N–H and O–H groups in total. The summed E-state index contributed by atoms with van der Waals surface area (Å²) in [5, 5.41) is 22.9. The maximum absolute atomic E-state index is 12.7. The monoisotopic (exact) mass is 699 g/mol. The van der Waals surface area contributed by atoms with E-state index in [-0.39, 0.29) is 24.8 Å². The molecule has 0 unspecified atom stereocenters. The lowest BCUT2D eigenvalue weighted by molar-refractivity contribution is -0.245. The SMILES string of the molecule is O=C(NCc1cccc(-c2ccc([C@H]3O[C@@H](CSc4ncn[nH]4)C[C@@H](c4ccc(CO)cc4)O3)cc2)c1)Nc1ccc(Oc2ccccc2)cc1. The number of ether oxygens (including phenoxy) is 3. The molecule has 0 saturated carbocycles. The van der Waals surface area contributed by atoms with Crippen LogP contribution in [0.4, 0.5) is 10.5 Å². The summed E-state index contributed by atoms with van der Waals surface area (Å²) in [5.74, 6) is 2.13. The fourth-order valence-electron chi connectivity index (χ4n) is 5.74. The summed E-state index contributed by atoms with van der Waals surface area (Å²) >= 11 is 1.56. The summed E-state index contributed by atoms with van der Waals surface area (Å²) in [5.41, 5.74) is 6.51. The molecule has 0 aliphatic carbocycles. The quantitative estimate of drug-likeness (QED) is 0.0937. The number of H-pyrrole nitrogens is 1. The van der Waals surface area contributed by atoms with Gasteiger partial charge in [0.2, 0.25) is 0 Å². The van der Waals surface area contributed by atoms with E-state index in [1.165, 1.54) is 6.33 Å². The fourth-order valence-corrected chi connectivity index (χ4v) is 6.54. The molecule has 6 aromatic rings. The van der Waals surface area contributed by atoms with Gasteiger partial charge in [-0.05, 0) is 70.3 Å². The number of rotatable bonds is 12. The number of nitrogens with one attached hydrogen (secondary N) is 3. The van der Waals surface area contributed by atoms with Gasteiger partial charge in [-0.1, -0.05) is 96.7 Å². The molecular weight excluding hydrogens is 663 g/mol. The Hall–Kier alpha value is -5.46. The third-order valence-electron chi connectivity index (χ3n) is 8.40. The van der Waals surface area contributed by atoms with Crippen molar-refractivity contribution in [2.24, 2.45) is 0 Å². The molecular formula is C40H37N5O5S. The number of aliphatic hydroxyl groups excluding tert-OH is 1. The zero-order valence-corrected chi connectivity index (χ0v) is 28.5. The van der Waals surface area contributed by atoms with Gasteiger partial charge in [0.05, 0.1) is 18.8 Å². The Morgan fingerprint density at radius 1 is 0.824 bits per heavy atom. The number of aromatic amines is 1. The highest BCUT2D eigenvalue weighted by Gasteiger charge is 2.32. The Morgan fingerprint density at radius 2 is 1.59 bits per heavy atom. The van der Waals surface area contributed by atoms with Crippen LogP contribution in [0.5, 0.6) is 11.5 Å². The molecule has 1 aliphatic rings. The van der Waals surface area contributed by atoms with Crippen molar-refractivity contribution in [3.05, 3.63) is 156 Å². The number of amides is 2. The topological polar surface area (TPSA) is 131 Å². The smallest absolute Gasteiger partial charge is 0.319 e. The number of hydrogen-bond donors (Lipinski definition) is 4. The van der Waals surface area contributed by atoms with Crippen LogP contribution in [0.2, 0.25) is 0 Å². The van der Waals surface area contributed by atoms with Gasteiger partial charge in [-0.15, -0.1) is 0 Å². The Kier molecular flexibility index (Phi) is 11.0. The minimum Gasteiger partial charge on any atom is -0.457 e. The second-order valence-corrected chi connectivity index (χ2v) is 13.0. The maximum Gasteiger partial charge on any atom is 0.319 e. The molecule has 0 bridgehead atoms. The van der Waals surface area contributed by atoms with E-state index in [1.54, 1.807) is 23.9 Å². The minimum atomic E-state index is -0.558. The lowest BCUT2D eigenvalue weighted by Crippen LogP contribution is -2.31. The third-order valence-corrected chi connectivity index (χ3v) is 9.41. The highest BCUT2D eigenvalue weighted by Crippen LogP contribution is 2.39. The fraction of sp³-hybridized carbons (Fsp3) is 0.175. The van der Waals surface area contributed by atoms with Crippen LogP contribution in [-0.2, 0) is 22.6 Å². The van der Waals surface area contributed by atoms with Crippen LogP contribution in [0.15, 0.2) is 139 Å². The number of nitrogens with zero attached hydrogens (tertiary/aromatic N) is 2. The summed E-state index contributed by atoms with van der Waals surface area (Å²) in [6.45, 7) is 0.363. The van der Waals surface area contributed by atoms with Gasteiger partial charge in [0.25, 0.3) is 0 Å². The zero-order chi connectivity index (χ0) is 34.8. The summed E-state index contributed by atoms with van der Waals surface area (Å²) < 4.78 is 18.8. The number of carbonyl (C=O) groups is 1. The predicted octanol–water partition coefficient (Wildman–Crippen LogP) is 8.42. The number of thioether (sulfide) groups is 1. The first-order chi connectivity index (χ1) is 25.1. The van der Waals surface area contributed by atoms with Crippen molar-refractivity contribution in [2.75, 3.05) is 11.1 Å². The second-order valence-electron chi connectivity index (χ2n) is 12.0. The molecule has 258 valence electrons. The molecule has 51 heavy (non-hydrogen) atoms. The van der Waals surface area contributed by atoms with Crippen molar-refractivity contribution >= 4 is 23.5 Å². The molecule has 3 atom stereocenters. The van der Waals surface area contributed by atoms with Gasteiger partial charge in [-0.25, -0.2) is 9.78 Å². The van der Waals surface area contributed by atoms with E-state index in [1.807, 2.05) is 97.1 Å². The van der Waals surface area contributed by atoms with Crippen molar-refractivity contribution in [1.82, 2.24) is 20.5 Å². The van der Waals surface area contributed by atoms with Gasteiger partial charge in [0, 0.05) is 30.0 Å². The molecule has 7 rings (SSSR count). The van der Waals surface area contributed by atoms with Gasteiger partial charge in [0.15, 0.2) is 11.4 Å². The molecule has 0 spiro atoms. The highest BCUT2D eigenvalue weighted by molar-refractivity contribution is 7.99. The van der Waals surface area contributed by atoms with E-state index in [4.69, 9.17) is 14.2 Å². The van der Waals surface area contributed by atoms with Crippen LogP contribution in [0.25, 0.3) is 11.1 Å². The van der Waals surface area contributed by atoms with Gasteiger partial charge >= 0.3 is 6.03 Å². The Labute approximate surface area is 300 Å². The van der Waals surface area contributed by atoms with Crippen LogP contribution >= 0.6 is 11.8 Å². The Bertz CT molecular complexity index is 1990. The van der Waals surface area contributed by atoms with Crippen LogP contribution in [-0.4, -0.2) is 38.2 Å². The highest BCUT2D eigenvalue weighted by atomic mass is 32.2. The van der Waals surface area contributed by atoms with Crippen molar-refractivity contribution in [3.8, 4) is 22.6 Å². The van der Waals surface area contributed by atoms with Crippen LogP contribution < -0.4 is 15.4 Å². The van der Waals surface area contributed by atoms with E-state index in [9.17, 15) is 9.90 Å². The molecule has 0 radical (unpaired) electrons. The lowest BCUT2D eigenvalue weighted by Gasteiger charge is -2.36. The molecule has 1 aromatic heterocycles. The molecule has 1 saturated heterocycles. The number of aliphatic hydroxyl groups is 1. The maximum atomic E-state index is 12.7. The van der Waals surface area contributed by atoms with E-state index in [2.05, 4.69) is 44.0 Å². The first-order valence-electron chi connectivity index (χ1n) is 16.6. The average molecular weight is 700 g/mol. The minimum absolute atomic E-state index is 0.00328. The first-order valence-corrected chi connectivity index (χ1v) is 17.6. The van der Waals surface area contributed by atoms with E-state index in [0.29, 0.717) is 30.2 Å². The third kappa shape index (κ3) is 9.21. The molecule has 2 heterocycles. The number of para-hydroxylation sites is 1. The van der Waals surface area contributed by atoms with Crippen LogP contribution in [0.3, 0.4) is 0 Å². The molecule has 1 fully saturated rings. The number of carbonyl (C=O) groups excluding carboxylic acids is 1. The Morgan fingerprint density at radius 3 is 2.33 bits per heavy atom. The average Bonchev–Trinajstić information content (AvgIpc) is 3.72.